The zero-order valence-corrected chi connectivity index (χ0v) is 11.5. The van der Waals surface area contributed by atoms with Crippen LogP contribution < -0.4 is 0 Å². The quantitative estimate of drug-likeness (QED) is 0.874. The summed E-state index contributed by atoms with van der Waals surface area (Å²) >= 11 is 0. The summed E-state index contributed by atoms with van der Waals surface area (Å²) in [6, 6.07) is 9.31. The SMILES string of the molecule is COCCC(C)n1nnc(C(=O)O)c1-c1ccccc1. The van der Waals surface area contributed by atoms with Gasteiger partial charge in [0.2, 0.25) is 0 Å². The molecule has 6 nitrogen and oxygen atoms in total. The number of carbonyl (C=O) groups is 1. The van der Waals surface area contributed by atoms with Crippen LogP contribution in [0.5, 0.6) is 0 Å². The van der Waals surface area contributed by atoms with E-state index in [4.69, 9.17) is 4.74 Å². The number of rotatable bonds is 6. The number of hydrogen-bond acceptors (Lipinski definition) is 4. The van der Waals surface area contributed by atoms with Crippen molar-refractivity contribution in [3.8, 4) is 11.3 Å². The molecular formula is C14H17N3O3. The van der Waals surface area contributed by atoms with Gasteiger partial charge in [-0.1, -0.05) is 35.5 Å². The zero-order chi connectivity index (χ0) is 14.5. The molecule has 1 aromatic carbocycles. The first-order chi connectivity index (χ1) is 9.65. The summed E-state index contributed by atoms with van der Waals surface area (Å²) in [4.78, 5) is 11.3. The van der Waals surface area contributed by atoms with E-state index in [-0.39, 0.29) is 11.7 Å². The van der Waals surface area contributed by atoms with Gasteiger partial charge in [0.05, 0.1) is 6.04 Å². The van der Waals surface area contributed by atoms with E-state index in [0.717, 1.165) is 12.0 Å². The molecule has 2 rings (SSSR count). The number of nitrogens with zero attached hydrogens (tertiary/aromatic N) is 3. The molecule has 0 aliphatic carbocycles. The fourth-order valence-corrected chi connectivity index (χ4v) is 2.02. The smallest absolute Gasteiger partial charge is 0.358 e. The Morgan fingerprint density at radius 3 is 2.70 bits per heavy atom. The zero-order valence-electron chi connectivity index (χ0n) is 11.5. The van der Waals surface area contributed by atoms with E-state index >= 15 is 0 Å². The Bertz CT molecular complexity index is 581. The van der Waals surface area contributed by atoms with E-state index < -0.39 is 5.97 Å². The molecule has 0 spiro atoms. The largest absolute Gasteiger partial charge is 0.476 e. The third kappa shape index (κ3) is 2.85. The van der Waals surface area contributed by atoms with Gasteiger partial charge in [0.1, 0.15) is 5.69 Å². The second-order valence-electron chi connectivity index (χ2n) is 4.53. The fourth-order valence-electron chi connectivity index (χ4n) is 2.02. The van der Waals surface area contributed by atoms with Gasteiger partial charge in [0.15, 0.2) is 5.69 Å². The summed E-state index contributed by atoms with van der Waals surface area (Å²) < 4.78 is 6.71. The first kappa shape index (κ1) is 14.2. The van der Waals surface area contributed by atoms with Crippen LogP contribution in [0.1, 0.15) is 29.9 Å². The molecule has 20 heavy (non-hydrogen) atoms. The number of ether oxygens (including phenoxy) is 1. The maximum atomic E-state index is 11.3. The molecule has 0 fully saturated rings. The monoisotopic (exact) mass is 275 g/mol. The van der Waals surface area contributed by atoms with Gasteiger partial charge in [-0.15, -0.1) is 5.10 Å². The number of hydrogen-bond donors (Lipinski definition) is 1. The number of carboxylic acids is 1. The highest BCUT2D eigenvalue weighted by Crippen LogP contribution is 2.26. The van der Waals surface area contributed by atoms with Gasteiger partial charge < -0.3 is 9.84 Å². The van der Waals surface area contributed by atoms with E-state index in [1.54, 1.807) is 11.8 Å². The predicted octanol–water partition coefficient (Wildman–Crippen LogP) is 2.24. The Morgan fingerprint density at radius 1 is 1.40 bits per heavy atom. The minimum absolute atomic E-state index is 0.00533. The minimum atomic E-state index is -1.07. The van der Waals surface area contributed by atoms with Crippen LogP contribution in [-0.4, -0.2) is 39.8 Å². The van der Waals surface area contributed by atoms with Gasteiger partial charge in [-0.25, -0.2) is 9.48 Å². The van der Waals surface area contributed by atoms with E-state index in [1.807, 2.05) is 37.3 Å². The van der Waals surface area contributed by atoms with Gasteiger partial charge >= 0.3 is 5.97 Å². The summed E-state index contributed by atoms with van der Waals surface area (Å²) in [5, 5.41) is 17.0. The molecular weight excluding hydrogens is 258 g/mol. The molecule has 1 atom stereocenters. The van der Waals surface area contributed by atoms with Crippen molar-refractivity contribution in [1.82, 2.24) is 15.0 Å². The lowest BCUT2D eigenvalue weighted by Crippen LogP contribution is -2.12. The lowest BCUT2D eigenvalue weighted by molar-refractivity contribution is 0.0691. The van der Waals surface area contributed by atoms with Crippen LogP contribution in [0.3, 0.4) is 0 Å². The van der Waals surface area contributed by atoms with E-state index in [9.17, 15) is 9.90 Å². The maximum Gasteiger partial charge on any atom is 0.358 e. The third-order valence-electron chi connectivity index (χ3n) is 3.10. The Kier molecular flexibility index (Phi) is 4.47. The molecule has 0 bridgehead atoms. The normalized spacial score (nSPS) is 12.3. The van der Waals surface area contributed by atoms with Crippen molar-refractivity contribution < 1.29 is 14.6 Å². The van der Waals surface area contributed by atoms with Crippen molar-refractivity contribution >= 4 is 5.97 Å². The molecule has 1 N–H and O–H groups in total. The molecule has 0 saturated heterocycles. The second kappa shape index (κ2) is 6.29. The molecule has 106 valence electrons. The number of methoxy groups -OCH3 is 1. The van der Waals surface area contributed by atoms with Gasteiger partial charge in [0.25, 0.3) is 0 Å². The Labute approximate surface area is 117 Å². The van der Waals surface area contributed by atoms with Crippen LogP contribution in [0.25, 0.3) is 11.3 Å². The number of aromatic nitrogens is 3. The van der Waals surface area contributed by atoms with Crippen LogP contribution in [0, 0.1) is 0 Å². The average Bonchev–Trinajstić information content (AvgIpc) is 2.90. The van der Waals surface area contributed by atoms with Crippen LogP contribution in [-0.2, 0) is 4.74 Å². The maximum absolute atomic E-state index is 11.3. The summed E-state index contributed by atoms with van der Waals surface area (Å²) in [6.07, 6.45) is 0.735. The predicted molar refractivity (Wildman–Crippen MR) is 73.6 cm³/mol. The standard InChI is InChI=1S/C14H17N3O3/c1-10(8-9-20-2)17-13(11-6-4-3-5-7-11)12(14(18)19)15-16-17/h3-7,10H,8-9H2,1-2H3,(H,18,19). The van der Waals surface area contributed by atoms with Crippen molar-refractivity contribution in [3.05, 3.63) is 36.0 Å². The van der Waals surface area contributed by atoms with Gasteiger partial charge in [-0.2, -0.15) is 0 Å². The molecule has 0 aliphatic heterocycles. The van der Waals surface area contributed by atoms with E-state index in [0.29, 0.717) is 12.3 Å². The van der Waals surface area contributed by atoms with E-state index in [1.165, 1.54) is 0 Å². The molecule has 1 unspecified atom stereocenters. The molecule has 0 saturated carbocycles. The second-order valence-corrected chi connectivity index (χ2v) is 4.53. The number of carboxylic acid groups (broad SMARTS) is 1. The Morgan fingerprint density at radius 2 is 2.10 bits per heavy atom. The fraction of sp³-hybridized carbons (Fsp3) is 0.357. The van der Waals surface area contributed by atoms with Crippen LogP contribution in [0.4, 0.5) is 0 Å². The van der Waals surface area contributed by atoms with Gasteiger partial charge in [0, 0.05) is 19.3 Å². The number of aromatic carboxylic acids is 1. The first-order valence-electron chi connectivity index (χ1n) is 6.38. The molecule has 6 heteroatoms. The van der Waals surface area contributed by atoms with Crippen LogP contribution >= 0.6 is 0 Å². The third-order valence-corrected chi connectivity index (χ3v) is 3.10. The highest BCUT2D eigenvalue weighted by atomic mass is 16.5. The van der Waals surface area contributed by atoms with Gasteiger partial charge in [-0.05, 0) is 13.3 Å². The highest BCUT2D eigenvalue weighted by molar-refractivity contribution is 5.92. The average molecular weight is 275 g/mol. The minimum Gasteiger partial charge on any atom is -0.476 e. The lowest BCUT2D eigenvalue weighted by Gasteiger charge is -2.14. The topological polar surface area (TPSA) is 77.2 Å². The molecule has 0 amide bonds. The van der Waals surface area contributed by atoms with Crippen molar-refractivity contribution in [3.63, 3.8) is 0 Å². The summed E-state index contributed by atoms with van der Waals surface area (Å²) in [6.45, 7) is 2.55. The van der Waals surface area contributed by atoms with Crippen molar-refractivity contribution in [2.45, 2.75) is 19.4 Å². The summed E-state index contributed by atoms with van der Waals surface area (Å²) in [5.74, 6) is -1.07. The Balaban J connectivity index is 2.46. The first-order valence-corrected chi connectivity index (χ1v) is 6.38. The molecule has 1 aromatic heterocycles. The van der Waals surface area contributed by atoms with E-state index in [2.05, 4.69) is 10.3 Å². The molecule has 1 heterocycles. The molecule has 2 aromatic rings. The number of benzene rings is 1. The Hall–Kier alpha value is -2.21. The highest BCUT2D eigenvalue weighted by Gasteiger charge is 2.22. The van der Waals surface area contributed by atoms with Crippen LogP contribution in [0.15, 0.2) is 30.3 Å². The van der Waals surface area contributed by atoms with Crippen molar-refractivity contribution in [2.24, 2.45) is 0 Å². The molecule has 0 aliphatic rings. The van der Waals surface area contributed by atoms with Gasteiger partial charge in [-0.3, -0.25) is 0 Å². The van der Waals surface area contributed by atoms with Crippen LogP contribution in [0.2, 0.25) is 0 Å². The van der Waals surface area contributed by atoms with Crippen molar-refractivity contribution in [1.29, 1.82) is 0 Å². The van der Waals surface area contributed by atoms with Crippen molar-refractivity contribution in [2.75, 3.05) is 13.7 Å². The summed E-state index contributed by atoms with van der Waals surface area (Å²) in [7, 11) is 1.63. The summed E-state index contributed by atoms with van der Waals surface area (Å²) in [5.41, 5.74) is 1.29. The lowest BCUT2D eigenvalue weighted by atomic mass is 10.1. The molecule has 0 radical (unpaired) electrons.